The molecule has 5 rings (SSSR count). The van der Waals surface area contributed by atoms with Gasteiger partial charge in [-0.15, -0.1) is 10.2 Å². The maximum Gasteiger partial charge on any atom is 0.155 e. The fourth-order valence-corrected chi connectivity index (χ4v) is 4.92. The Bertz CT molecular complexity index is 995. The molecular formula is C23H28N4O. The van der Waals surface area contributed by atoms with Gasteiger partial charge in [0.15, 0.2) is 5.82 Å². The number of aromatic nitrogens is 2. The number of hydrogen-bond donors (Lipinski definition) is 0. The lowest BCUT2D eigenvalue weighted by atomic mass is 9.94. The number of rotatable bonds is 3. The molecule has 0 aliphatic carbocycles. The van der Waals surface area contributed by atoms with Gasteiger partial charge in [0.25, 0.3) is 0 Å². The van der Waals surface area contributed by atoms with Gasteiger partial charge in [-0.25, -0.2) is 0 Å². The molecule has 4 heterocycles. The Morgan fingerprint density at radius 2 is 2.07 bits per heavy atom. The number of likely N-dealkylation sites (tertiary alicyclic amines) is 1. The molecule has 1 aromatic carbocycles. The summed E-state index contributed by atoms with van der Waals surface area (Å²) in [7, 11) is 0. The van der Waals surface area contributed by atoms with E-state index in [1.165, 1.54) is 36.9 Å². The number of furan rings is 1. The van der Waals surface area contributed by atoms with Gasteiger partial charge in [0.1, 0.15) is 5.58 Å². The lowest BCUT2D eigenvalue weighted by Gasteiger charge is -2.42. The third kappa shape index (κ3) is 2.98. The molecule has 5 heteroatoms. The van der Waals surface area contributed by atoms with Crippen LogP contribution in [0.1, 0.15) is 37.3 Å². The van der Waals surface area contributed by atoms with Gasteiger partial charge < -0.3 is 14.2 Å². The highest BCUT2D eigenvalue weighted by atomic mass is 16.3. The van der Waals surface area contributed by atoms with Gasteiger partial charge in [0, 0.05) is 35.6 Å². The predicted octanol–water partition coefficient (Wildman–Crippen LogP) is 4.44. The summed E-state index contributed by atoms with van der Waals surface area (Å²) in [5, 5.41) is 10.6. The summed E-state index contributed by atoms with van der Waals surface area (Å²) in [6, 6.07) is 8.84. The monoisotopic (exact) mass is 376 g/mol. The van der Waals surface area contributed by atoms with Crippen LogP contribution >= 0.6 is 0 Å². The van der Waals surface area contributed by atoms with Crippen LogP contribution in [0.5, 0.6) is 0 Å². The van der Waals surface area contributed by atoms with Gasteiger partial charge in [0.05, 0.1) is 12.0 Å². The van der Waals surface area contributed by atoms with Gasteiger partial charge in [-0.1, -0.05) is 6.92 Å². The fraction of sp³-hybridized carbons (Fsp3) is 0.478. The summed E-state index contributed by atoms with van der Waals surface area (Å²) in [6.07, 6.45) is 6.57. The highest BCUT2D eigenvalue weighted by Gasteiger charge is 2.30. The van der Waals surface area contributed by atoms with E-state index in [9.17, 15) is 0 Å². The zero-order valence-electron chi connectivity index (χ0n) is 16.8. The molecule has 1 fully saturated rings. The van der Waals surface area contributed by atoms with E-state index in [0.29, 0.717) is 6.04 Å². The van der Waals surface area contributed by atoms with Crippen LogP contribution in [0, 0.1) is 6.92 Å². The first-order valence-electron chi connectivity index (χ1n) is 10.6. The zero-order chi connectivity index (χ0) is 19.1. The second-order valence-electron chi connectivity index (χ2n) is 8.14. The maximum atomic E-state index is 5.48. The van der Waals surface area contributed by atoms with Crippen LogP contribution in [-0.4, -0.2) is 47.3 Å². The Labute approximate surface area is 166 Å². The van der Waals surface area contributed by atoms with Crippen LogP contribution in [0.2, 0.25) is 0 Å². The van der Waals surface area contributed by atoms with E-state index >= 15 is 0 Å². The molecule has 0 spiro atoms. The Morgan fingerprint density at radius 1 is 1.14 bits per heavy atom. The lowest BCUT2D eigenvalue weighted by molar-refractivity contribution is 0.211. The second kappa shape index (κ2) is 7.21. The molecule has 5 nitrogen and oxygen atoms in total. The predicted molar refractivity (Wildman–Crippen MR) is 113 cm³/mol. The number of nitrogens with zero attached hydrogens (tertiary/aromatic N) is 4. The molecule has 1 saturated heterocycles. The Balaban J connectivity index is 1.51. The number of benzene rings is 1. The van der Waals surface area contributed by atoms with Gasteiger partial charge in [-0.2, -0.15) is 0 Å². The molecule has 2 aromatic heterocycles. The SMILES string of the molecule is CCN1CCC[C@@H](N2CCCc3c2nnc(-c2ccc4occc4c2)c3C)C1. The molecule has 3 aromatic rings. The minimum Gasteiger partial charge on any atom is -0.464 e. The molecule has 2 aliphatic rings. The normalized spacial score (nSPS) is 20.5. The highest BCUT2D eigenvalue weighted by molar-refractivity contribution is 5.83. The minimum atomic E-state index is 0.564. The number of piperidine rings is 1. The molecule has 146 valence electrons. The summed E-state index contributed by atoms with van der Waals surface area (Å²) >= 11 is 0. The quantitative estimate of drug-likeness (QED) is 0.676. The Morgan fingerprint density at radius 3 is 2.96 bits per heavy atom. The number of likely N-dealkylation sites (N-methyl/N-ethyl adjacent to an activating group) is 1. The molecule has 0 N–H and O–H groups in total. The Hall–Kier alpha value is -2.40. The Kier molecular flexibility index (Phi) is 4.55. The summed E-state index contributed by atoms with van der Waals surface area (Å²) in [4.78, 5) is 5.11. The van der Waals surface area contributed by atoms with E-state index in [2.05, 4.69) is 35.8 Å². The topological polar surface area (TPSA) is 45.4 Å². The highest BCUT2D eigenvalue weighted by Crippen LogP contribution is 2.35. The molecule has 0 bridgehead atoms. The van der Waals surface area contributed by atoms with Crippen molar-refractivity contribution in [1.29, 1.82) is 0 Å². The zero-order valence-corrected chi connectivity index (χ0v) is 16.8. The summed E-state index contributed by atoms with van der Waals surface area (Å²) in [5.74, 6) is 1.12. The van der Waals surface area contributed by atoms with Gasteiger partial charge in [-0.05, 0) is 75.5 Å². The van der Waals surface area contributed by atoms with Crippen molar-refractivity contribution in [2.24, 2.45) is 0 Å². The van der Waals surface area contributed by atoms with Crippen molar-refractivity contribution in [3.63, 3.8) is 0 Å². The lowest BCUT2D eigenvalue weighted by Crippen LogP contribution is -2.50. The van der Waals surface area contributed by atoms with Crippen molar-refractivity contribution in [1.82, 2.24) is 15.1 Å². The van der Waals surface area contributed by atoms with Crippen LogP contribution in [0.3, 0.4) is 0 Å². The van der Waals surface area contributed by atoms with Crippen LogP contribution in [0.15, 0.2) is 34.9 Å². The van der Waals surface area contributed by atoms with Gasteiger partial charge >= 0.3 is 0 Å². The molecule has 0 saturated carbocycles. The van der Waals surface area contributed by atoms with Crippen molar-refractivity contribution in [2.45, 2.75) is 45.6 Å². The standard InChI is InChI=1S/C23H28N4O/c1-3-26-11-4-6-19(15-26)27-12-5-7-20-16(2)22(24-25-23(20)27)18-8-9-21-17(14-18)10-13-28-21/h8-10,13-14,19H,3-7,11-12,15H2,1-2H3/t19-/m1/s1. The van der Waals surface area contributed by atoms with E-state index in [-0.39, 0.29) is 0 Å². The molecule has 28 heavy (non-hydrogen) atoms. The molecule has 2 aliphatic heterocycles. The first-order chi connectivity index (χ1) is 13.7. The summed E-state index contributed by atoms with van der Waals surface area (Å²) in [6.45, 7) is 9.09. The van der Waals surface area contributed by atoms with Crippen LogP contribution < -0.4 is 4.90 Å². The van der Waals surface area contributed by atoms with Crippen LogP contribution in [0.4, 0.5) is 5.82 Å². The second-order valence-corrected chi connectivity index (χ2v) is 8.14. The first-order valence-corrected chi connectivity index (χ1v) is 10.6. The average molecular weight is 377 g/mol. The van der Waals surface area contributed by atoms with Gasteiger partial charge in [-0.3, -0.25) is 0 Å². The molecule has 1 atom stereocenters. The molecular weight excluding hydrogens is 348 g/mol. The van der Waals surface area contributed by atoms with Crippen molar-refractivity contribution in [3.8, 4) is 11.3 Å². The minimum absolute atomic E-state index is 0.564. The van der Waals surface area contributed by atoms with Crippen molar-refractivity contribution < 1.29 is 4.42 Å². The van der Waals surface area contributed by atoms with E-state index in [1.54, 1.807) is 6.26 Å². The summed E-state index contributed by atoms with van der Waals surface area (Å²) < 4.78 is 5.48. The third-order valence-corrected chi connectivity index (χ3v) is 6.51. The van der Waals surface area contributed by atoms with Crippen molar-refractivity contribution in [3.05, 3.63) is 41.7 Å². The van der Waals surface area contributed by atoms with Crippen molar-refractivity contribution >= 4 is 16.8 Å². The van der Waals surface area contributed by atoms with E-state index in [0.717, 1.165) is 54.1 Å². The van der Waals surface area contributed by atoms with Crippen molar-refractivity contribution in [2.75, 3.05) is 31.1 Å². The molecule has 0 radical (unpaired) electrons. The molecule has 0 amide bonds. The number of anilines is 1. The smallest absolute Gasteiger partial charge is 0.155 e. The average Bonchev–Trinajstić information content (AvgIpc) is 3.22. The van der Waals surface area contributed by atoms with E-state index in [1.807, 2.05) is 12.1 Å². The summed E-state index contributed by atoms with van der Waals surface area (Å²) in [5.41, 5.74) is 5.70. The number of hydrogen-bond acceptors (Lipinski definition) is 5. The van der Waals surface area contributed by atoms with Gasteiger partial charge in [0.2, 0.25) is 0 Å². The maximum absolute atomic E-state index is 5.48. The van der Waals surface area contributed by atoms with Crippen LogP contribution in [-0.2, 0) is 6.42 Å². The number of fused-ring (bicyclic) bond motifs is 2. The first kappa shape index (κ1) is 17.7. The fourth-order valence-electron chi connectivity index (χ4n) is 4.92. The van der Waals surface area contributed by atoms with E-state index < -0.39 is 0 Å². The van der Waals surface area contributed by atoms with E-state index in [4.69, 9.17) is 14.6 Å². The largest absolute Gasteiger partial charge is 0.464 e. The van der Waals surface area contributed by atoms with Crippen LogP contribution in [0.25, 0.3) is 22.2 Å². The third-order valence-electron chi connectivity index (χ3n) is 6.51. The molecule has 0 unspecified atom stereocenters.